The Labute approximate surface area is 125 Å². The van der Waals surface area contributed by atoms with E-state index in [0.29, 0.717) is 5.02 Å². The van der Waals surface area contributed by atoms with Gasteiger partial charge in [-0.15, -0.1) is 0 Å². The third kappa shape index (κ3) is 4.55. The molecule has 0 aliphatic rings. The van der Waals surface area contributed by atoms with E-state index >= 15 is 0 Å². The van der Waals surface area contributed by atoms with Gasteiger partial charge in [-0.25, -0.2) is 0 Å². The molecule has 20 heavy (non-hydrogen) atoms. The third-order valence-electron chi connectivity index (χ3n) is 3.00. The van der Waals surface area contributed by atoms with Gasteiger partial charge in [0.25, 0.3) is 0 Å². The van der Waals surface area contributed by atoms with Crippen LogP contribution in [0.1, 0.15) is 25.0 Å². The molecule has 0 aliphatic carbocycles. The van der Waals surface area contributed by atoms with Gasteiger partial charge in [-0.1, -0.05) is 54.9 Å². The minimum absolute atomic E-state index is 0.0128. The second-order valence-corrected chi connectivity index (χ2v) is 5.12. The first-order valence-electron chi connectivity index (χ1n) is 6.97. The molecule has 0 heterocycles. The van der Waals surface area contributed by atoms with E-state index in [1.54, 1.807) is 0 Å². The Morgan fingerprint density at radius 3 is 2.60 bits per heavy atom. The molecule has 0 radical (unpaired) electrons. The fourth-order valence-electron chi connectivity index (χ4n) is 2.01. The molecule has 106 valence electrons. The van der Waals surface area contributed by atoms with Crippen LogP contribution in [0.25, 0.3) is 0 Å². The van der Waals surface area contributed by atoms with Gasteiger partial charge in [-0.05, 0) is 36.7 Å². The normalized spacial score (nSPS) is 12.1. The molecule has 0 saturated heterocycles. The zero-order valence-corrected chi connectivity index (χ0v) is 12.4. The van der Waals surface area contributed by atoms with Gasteiger partial charge in [0.15, 0.2) is 0 Å². The van der Waals surface area contributed by atoms with E-state index < -0.39 is 0 Å². The number of benzene rings is 2. The highest BCUT2D eigenvalue weighted by Crippen LogP contribution is 2.24. The lowest BCUT2D eigenvalue weighted by Crippen LogP contribution is -2.25. The minimum Gasteiger partial charge on any atom is -0.484 e. The Morgan fingerprint density at radius 1 is 1.10 bits per heavy atom. The summed E-state index contributed by atoms with van der Waals surface area (Å²) in [5.41, 5.74) is 1.16. The summed E-state index contributed by atoms with van der Waals surface area (Å²) in [5.74, 6) is 0.796. The molecule has 0 spiro atoms. The standard InChI is InChI=1S/C17H20ClNO/c1-2-11-19-13-17(14-7-4-3-5-8-14)20-16-10-6-9-15(18)12-16/h3-10,12,17,19H,2,11,13H2,1H3. The Kier molecular flexibility index (Phi) is 5.90. The summed E-state index contributed by atoms with van der Waals surface area (Å²) in [5, 5.41) is 4.10. The highest BCUT2D eigenvalue weighted by molar-refractivity contribution is 6.30. The number of hydrogen-bond acceptors (Lipinski definition) is 2. The molecule has 0 aromatic heterocycles. The van der Waals surface area contributed by atoms with Crippen molar-refractivity contribution in [3.8, 4) is 5.75 Å². The van der Waals surface area contributed by atoms with Gasteiger partial charge >= 0.3 is 0 Å². The van der Waals surface area contributed by atoms with Gasteiger partial charge in [-0.3, -0.25) is 0 Å². The Morgan fingerprint density at radius 2 is 1.90 bits per heavy atom. The van der Waals surface area contributed by atoms with Crippen LogP contribution in [-0.2, 0) is 0 Å². The predicted molar refractivity (Wildman–Crippen MR) is 84.4 cm³/mol. The third-order valence-corrected chi connectivity index (χ3v) is 3.24. The van der Waals surface area contributed by atoms with Crippen molar-refractivity contribution >= 4 is 11.6 Å². The van der Waals surface area contributed by atoms with Crippen LogP contribution in [0, 0.1) is 0 Å². The maximum absolute atomic E-state index is 6.08. The van der Waals surface area contributed by atoms with E-state index in [1.807, 2.05) is 42.5 Å². The van der Waals surface area contributed by atoms with Crippen molar-refractivity contribution in [1.82, 2.24) is 5.32 Å². The molecule has 0 fully saturated rings. The number of rotatable bonds is 7. The van der Waals surface area contributed by atoms with E-state index in [2.05, 4.69) is 24.4 Å². The van der Waals surface area contributed by atoms with Gasteiger partial charge < -0.3 is 10.1 Å². The summed E-state index contributed by atoms with van der Waals surface area (Å²) >= 11 is 6.01. The number of ether oxygens (including phenoxy) is 1. The molecule has 2 nitrogen and oxygen atoms in total. The Bertz CT molecular complexity index is 515. The van der Waals surface area contributed by atoms with Crippen LogP contribution in [-0.4, -0.2) is 13.1 Å². The SMILES string of the molecule is CCCNCC(Oc1cccc(Cl)c1)c1ccccc1. The van der Waals surface area contributed by atoms with Crippen molar-refractivity contribution in [3.63, 3.8) is 0 Å². The van der Waals surface area contributed by atoms with E-state index in [9.17, 15) is 0 Å². The maximum Gasteiger partial charge on any atom is 0.136 e. The molecule has 2 aromatic carbocycles. The molecular formula is C17H20ClNO. The first kappa shape index (κ1) is 14.9. The van der Waals surface area contributed by atoms with Crippen LogP contribution in [0.15, 0.2) is 54.6 Å². The summed E-state index contributed by atoms with van der Waals surface area (Å²) in [6.07, 6.45) is 1.10. The maximum atomic E-state index is 6.08. The van der Waals surface area contributed by atoms with Crippen molar-refractivity contribution in [2.45, 2.75) is 19.4 Å². The Hall–Kier alpha value is -1.51. The molecular weight excluding hydrogens is 270 g/mol. The van der Waals surface area contributed by atoms with Crippen LogP contribution >= 0.6 is 11.6 Å². The smallest absolute Gasteiger partial charge is 0.136 e. The van der Waals surface area contributed by atoms with Gasteiger partial charge in [0.05, 0.1) is 0 Å². The number of hydrogen-bond donors (Lipinski definition) is 1. The zero-order chi connectivity index (χ0) is 14.2. The van der Waals surface area contributed by atoms with E-state index in [1.165, 1.54) is 0 Å². The van der Waals surface area contributed by atoms with Crippen molar-refractivity contribution in [1.29, 1.82) is 0 Å². The molecule has 3 heteroatoms. The first-order chi connectivity index (χ1) is 9.79. The second kappa shape index (κ2) is 7.93. The minimum atomic E-state index is -0.0128. The van der Waals surface area contributed by atoms with Crippen molar-refractivity contribution < 1.29 is 4.74 Å². The molecule has 1 atom stereocenters. The van der Waals surface area contributed by atoms with E-state index in [-0.39, 0.29) is 6.10 Å². The highest BCUT2D eigenvalue weighted by atomic mass is 35.5. The van der Waals surface area contributed by atoms with Gasteiger partial charge in [0.1, 0.15) is 11.9 Å². The van der Waals surface area contributed by atoms with Crippen molar-refractivity contribution in [3.05, 3.63) is 65.2 Å². The van der Waals surface area contributed by atoms with E-state index in [0.717, 1.165) is 30.8 Å². The van der Waals surface area contributed by atoms with Crippen LogP contribution in [0.2, 0.25) is 5.02 Å². The van der Waals surface area contributed by atoms with Gasteiger partial charge in [0.2, 0.25) is 0 Å². The van der Waals surface area contributed by atoms with Crippen molar-refractivity contribution in [2.24, 2.45) is 0 Å². The average Bonchev–Trinajstić information content (AvgIpc) is 2.47. The van der Waals surface area contributed by atoms with Crippen LogP contribution in [0.5, 0.6) is 5.75 Å². The van der Waals surface area contributed by atoms with Crippen LogP contribution in [0.4, 0.5) is 0 Å². The monoisotopic (exact) mass is 289 g/mol. The summed E-state index contributed by atoms with van der Waals surface area (Å²) in [6.45, 7) is 3.93. The molecule has 2 rings (SSSR count). The summed E-state index contributed by atoms with van der Waals surface area (Å²) in [6, 6.07) is 17.8. The quantitative estimate of drug-likeness (QED) is 0.760. The lowest BCUT2D eigenvalue weighted by Gasteiger charge is -2.20. The first-order valence-corrected chi connectivity index (χ1v) is 7.35. The number of nitrogens with one attached hydrogen (secondary N) is 1. The molecule has 0 aliphatic heterocycles. The second-order valence-electron chi connectivity index (χ2n) is 4.68. The summed E-state index contributed by atoms with van der Waals surface area (Å²) in [4.78, 5) is 0. The molecule has 0 amide bonds. The predicted octanol–water partition coefficient (Wildman–Crippen LogP) is 4.46. The lowest BCUT2D eigenvalue weighted by molar-refractivity contribution is 0.202. The van der Waals surface area contributed by atoms with Gasteiger partial charge in [-0.2, -0.15) is 0 Å². The fraction of sp³-hybridized carbons (Fsp3) is 0.294. The average molecular weight is 290 g/mol. The van der Waals surface area contributed by atoms with Crippen LogP contribution in [0.3, 0.4) is 0 Å². The largest absolute Gasteiger partial charge is 0.484 e. The van der Waals surface area contributed by atoms with Crippen molar-refractivity contribution in [2.75, 3.05) is 13.1 Å². The van der Waals surface area contributed by atoms with E-state index in [4.69, 9.17) is 16.3 Å². The highest BCUT2D eigenvalue weighted by Gasteiger charge is 2.12. The zero-order valence-electron chi connectivity index (χ0n) is 11.7. The molecule has 0 bridgehead atoms. The molecule has 1 unspecified atom stereocenters. The molecule has 1 N–H and O–H groups in total. The summed E-state index contributed by atoms with van der Waals surface area (Å²) in [7, 11) is 0. The van der Waals surface area contributed by atoms with Gasteiger partial charge in [0, 0.05) is 11.6 Å². The molecule has 0 saturated carbocycles. The fourth-order valence-corrected chi connectivity index (χ4v) is 2.19. The number of halogens is 1. The summed E-state index contributed by atoms with van der Waals surface area (Å²) < 4.78 is 6.08. The lowest BCUT2D eigenvalue weighted by atomic mass is 10.1. The van der Waals surface area contributed by atoms with Crippen LogP contribution < -0.4 is 10.1 Å². The Balaban J connectivity index is 2.10. The molecule has 2 aromatic rings. The topological polar surface area (TPSA) is 21.3 Å².